The zero-order chi connectivity index (χ0) is 22.5. The van der Waals surface area contributed by atoms with Crippen LogP contribution in [0.25, 0.3) is 21.8 Å². The number of aromatic nitrogens is 1. The Kier molecular flexibility index (Phi) is 5.20. The molecule has 0 radical (unpaired) electrons. The molecule has 8 heteroatoms. The number of aliphatic hydroxyl groups is 2. The standard InChI is InChI=1S/C24H21ClF2N2O3/c25-14-10-16(26)23(17(27)11-14)29-9-8-24(31,21(30)12-29)13-32-20-7-3-6-19-22(20)15-4-1-2-5-18(15)28-19/h1-7,10-11,21,28,30-31H,8-9,12-13H2/t21-,24-/m1/s1. The molecule has 1 saturated heterocycles. The largest absolute Gasteiger partial charge is 0.490 e. The number of hydrogen-bond acceptors (Lipinski definition) is 4. The average molecular weight is 459 g/mol. The second-order valence-corrected chi connectivity index (χ2v) is 8.61. The van der Waals surface area contributed by atoms with Crippen LogP contribution in [-0.2, 0) is 0 Å². The van der Waals surface area contributed by atoms with E-state index in [0.29, 0.717) is 5.75 Å². The van der Waals surface area contributed by atoms with Crippen LogP contribution in [0.1, 0.15) is 6.42 Å². The van der Waals surface area contributed by atoms with Crippen LogP contribution in [-0.4, -0.2) is 46.6 Å². The van der Waals surface area contributed by atoms with Crippen LogP contribution in [0.5, 0.6) is 5.75 Å². The molecule has 5 nitrogen and oxygen atoms in total. The van der Waals surface area contributed by atoms with Gasteiger partial charge in [-0.05, 0) is 36.8 Å². The number of rotatable bonds is 4. The van der Waals surface area contributed by atoms with Crippen molar-refractivity contribution >= 4 is 39.1 Å². The third-order valence-electron chi connectivity index (χ3n) is 6.10. The normalized spacial score (nSPS) is 21.4. The summed E-state index contributed by atoms with van der Waals surface area (Å²) in [4.78, 5) is 4.71. The SMILES string of the molecule is O[C@@H]1CN(c2c(F)cc(Cl)cc2F)CC[C@@]1(O)COc1cccc2[nH]c3ccccc3c12. The van der Waals surface area contributed by atoms with Gasteiger partial charge < -0.3 is 24.8 Å². The number of piperidine rings is 1. The second-order valence-electron chi connectivity index (χ2n) is 8.17. The highest BCUT2D eigenvalue weighted by Gasteiger charge is 2.42. The van der Waals surface area contributed by atoms with Gasteiger partial charge in [0.25, 0.3) is 0 Å². The highest BCUT2D eigenvalue weighted by atomic mass is 35.5. The zero-order valence-electron chi connectivity index (χ0n) is 17.0. The van der Waals surface area contributed by atoms with Gasteiger partial charge in [0.1, 0.15) is 29.7 Å². The summed E-state index contributed by atoms with van der Waals surface area (Å²) >= 11 is 5.70. The minimum absolute atomic E-state index is 0.0438. The Bertz CT molecular complexity index is 1290. The first kappa shape index (κ1) is 21.0. The number of para-hydroxylation sites is 1. The van der Waals surface area contributed by atoms with Crippen LogP contribution in [0.3, 0.4) is 0 Å². The third kappa shape index (κ3) is 3.56. The number of aromatic amines is 1. The Morgan fingerprint density at radius 2 is 1.81 bits per heavy atom. The van der Waals surface area contributed by atoms with Crippen molar-refractivity contribution in [3.63, 3.8) is 0 Å². The van der Waals surface area contributed by atoms with E-state index in [-0.39, 0.29) is 36.8 Å². The van der Waals surface area contributed by atoms with Crippen molar-refractivity contribution in [1.29, 1.82) is 0 Å². The maximum atomic E-state index is 14.3. The van der Waals surface area contributed by atoms with Crippen LogP contribution >= 0.6 is 11.6 Å². The molecule has 0 bridgehead atoms. The lowest BCUT2D eigenvalue weighted by Crippen LogP contribution is -2.58. The fraction of sp³-hybridized carbons (Fsp3) is 0.250. The number of benzene rings is 3. The number of nitrogens with zero attached hydrogens (tertiary/aromatic N) is 1. The second kappa shape index (κ2) is 7.92. The molecule has 5 rings (SSSR count). The van der Waals surface area contributed by atoms with E-state index in [9.17, 15) is 19.0 Å². The minimum Gasteiger partial charge on any atom is -0.490 e. The van der Waals surface area contributed by atoms with Gasteiger partial charge in [-0.25, -0.2) is 8.78 Å². The molecule has 166 valence electrons. The van der Waals surface area contributed by atoms with Gasteiger partial charge in [-0.3, -0.25) is 0 Å². The van der Waals surface area contributed by atoms with E-state index in [1.807, 2.05) is 42.5 Å². The van der Waals surface area contributed by atoms with E-state index in [1.165, 1.54) is 4.90 Å². The number of H-pyrrole nitrogens is 1. The molecule has 1 aliphatic rings. The lowest BCUT2D eigenvalue weighted by atomic mass is 9.89. The van der Waals surface area contributed by atoms with Crippen molar-refractivity contribution in [2.45, 2.75) is 18.1 Å². The molecule has 1 fully saturated rings. The first-order valence-electron chi connectivity index (χ1n) is 10.3. The van der Waals surface area contributed by atoms with E-state index in [1.54, 1.807) is 0 Å². The summed E-state index contributed by atoms with van der Waals surface area (Å²) in [6, 6.07) is 15.5. The Morgan fingerprint density at radius 3 is 2.56 bits per heavy atom. The molecule has 2 atom stereocenters. The summed E-state index contributed by atoms with van der Waals surface area (Å²) in [5.41, 5.74) is 0.0433. The van der Waals surface area contributed by atoms with Crippen molar-refractivity contribution < 1.29 is 23.7 Å². The highest BCUT2D eigenvalue weighted by molar-refractivity contribution is 6.30. The molecule has 1 aliphatic heterocycles. The van der Waals surface area contributed by atoms with Crippen LogP contribution in [0.2, 0.25) is 5.02 Å². The molecule has 2 heterocycles. The Labute approximate surface area is 187 Å². The van der Waals surface area contributed by atoms with E-state index in [4.69, 9.17) is 16.3 Å². The lowest BCUT2D eigenvalue weighted by molar-refractivity contribution is -0.108. The van der Waals surface area contributed by atoms with Crippen LogP contribution in [0.15, 0.2) is 54.6 Å². The molecule has 4 aromatic rings. The summed E-state index contributed by atoms with van der Waals surface area (Å²) in [5, 5.41) is 23.6. The number of fused-ring (bicyclic) bond motifs is 3. The topological polar surface area (TPSA) is 68.7 Å². The average Bonchev–Trinajstić information content (AvgIpc) is 3.13. The maximum Gasteiger partial charge on any atom is 0.151 e. The number of hydrogen-bond donors (Lipinski definition) is 3. The Balaban J connectivity index is 1.36. The number of halogens is 3. The number of nitrogens with one attached hydrogen (secondary N) is 1. The van der Waals surface area contributed by atoms with Crippen LogP contribution in [0.4, 0.5) is 14.5 Å². The van der Waals surface area contributed by atoms with Gasteiger partial charge in [0, 0.05) is 34.4 Å². The zero-order valence-corrected chi connectivity index (χ0v) is 17.7. The van der Waals surface area contributed by atoms with Gasteiger partial charge in [0.05, 0.1) is 5.52 Å². The Morgan fingerprint density at radius 1 is 1.09 bits per heavy atom. The van der Waals surface area contributed by atoms with E-state index >= 15 is 0 Å². The molecule has 0 amide bonds. The van der Waals surface area contributed by atoms with Crippen molar-refractivity contribution in [1.82, 2.24) is 4.98 Å². The van der Waals surface area contributed by atoms with Crippen molar-refractivity contribution in [2.24, 2.45) is 0 Å². The van der Waals surface area contributed by atoms with Gasteiger partial charge >= 0.3 is 0 Å². The number of ether oxygens (including phenoxy) is 1. The number of anilines is 1. The molecule has 0 unspecified atom stereocenters. The van der Waals surface area contributed by atoms with E-state index < -0.39 is 23.3 Å². The summed E-state index contributed by atoms with van der Waals surface area (Å²) in [7, 11) is 0. The van der Waals surface area contributed by atoms with Crippen LogP contribution in [0, 0.1) is 11.6 Å². The van der Waals surface area contributed by atoms with Gasteiger partial charge in [-0.15, -0.1) is 0 Å². The monoisotopic (exact) mass is 458 g/mol. The first-order valence-corrected chi connectivity index (χ1v) is 10.7. The fourth-order valence-electron chi connectivity index (χ4n) is 4.36. The summed E-state index contributed by atoms with van der Waals surface area (Å²) < 4.78 is 34.6. The molecule has 1 aromatic heterocycles. The lowest BCUT2D eigenvalue weighted by Gasteiger charge is -2.42. The predicted molar refractivity (Wildman–Crippen MR) is 120 cm³/mol. The maximum absolute atomic E-state index is 14.3. The molecule has 32 heavy (non-hydrogen) atoms. The molecular formula is C24H21ClF2N2O3. The molecule has 3 N–H and O–H groups in total. The van der Waals surface area contributed by atoms with Crippen LogP contribution < -0.4 is 9.64 Å². The number of β-amino-alcohol motifs (C(OH)–C–C–N with tert-alkyl or cyclic N) is 1. The molecular weight excluding hydrogens is 438 g/mol. The molecule has 3 aromatic carbocycles. The first-order chi connectivity index (χ1) is 15.4. The summed E-state index contributed by atoms with van der Waals surface area (Å²) in [6.45, 7) is -0.164. The summed E-state index contributed by atoms with van der Waals surface area (Å²) in [5.74, 6) is -1.04. The van der Waals surface area contributed by atoms with Crippen molar-refractivity contribution in [3.05, 3.63) is 71.3 Å². The summed E-state index contributed by atoms with van der Waals surface area (Å²) in [6.07, 6.45) is -1.20. The van der Waals surface area contributed by atoms with Crippen molar-refractivity contribution in [3.8, 4) is 5.75 Å². The Hall–Kier alpha value is -2.87. The van der Waals surface area contributed by atoms with Crippen molar-refractivity contribution in [2.75, 3.05) is 24.6 Å². The molecule has 0 aliphatic carbocycles. The van der Waals surface area contributed by atoms with Gasteiger partial charge in [-0.1, -0.05) is 35.9 Å². The van der Waals surface area contributed by atoms with E-state index in [0.717, 1.165) is 33.9 Å². The quantitative estimate of drug-likeness (QED) is 0.417. The minimum atomic E-state index is -1.57. The predicted octanol–water partition coefficient (Wildman–Crippen LogP) is 4.63. The molecule has 0 spiro atoms. The third-order valence-corrected chi connectivity index (χ3v) is 6.31. The van der Waals surface area contributed by atoms with Gasteiger partial charge in [0.15, 0.2) is 11.6 Å². The highest BCUT2D eigenvalue weighted by Crippen LogP contribution is 2.35. The van der Waals surface area contributed by atoms with Gasteiger partial charge in [-0.2, -0.15) is 0 Å². The number of aliphatic hydroxyl groups excluding tert-OH is 1. The fourth-order valence-corrected chi connectivity index (χ4v) is 4.56. The molecule has 0 saturated carbocycles. The van der Waals surface area contributed by atoms with E-state index in [2.05, 4.69) is 4.98 Å². The smallest absolute Gasteiger partial charge is 0.151 e. The van der Waals surface area contributed by atoms with Gasteiger partial charge in [0.2, 0.25) is 0 Å².